The van der Waals surface area contributed by atoms with Gasteiger partial charge in [-0.3, -0.25) is 9.59 Å². The van der Waals surface area contributed by atoms with Crippen LogP contribution in [0.5, 0.6) is 17.2 Å². The van der Waals surface area contributed by atoms with Crippen LogP contribution in [0.1, 0.15) is 36.9 Å². The zero-order valence-corrected chi connectivity index (χ0v) is 21.2. The van der Waals surface area contributed by atoms with Crippen LogP contribution in [-0.4, -0.2) is 58.6 Å². The summed E-state index contributed by atoms with van der Waals surface area (Å²) in [6.07, 6.45) is 6.70. The summed E-state index contributed by atoms with van der Waals surface area (Å²) in [5, 5.41) is 11.3. The summed E-state index contributed by atoms with van der Waals surface area (Å²) in [7, 11) is 3.06. The number of rotatable bonds is 11. The first kappa shape index (κ1) is 25.8. The molecule has 2 aromatic carbocycles. The van der Waals surface area contributed by atoms with E-state index in [2.05, 4.69) is 4.98 Å². The molecule has 1 N–H and O–H groups in total. The molecule has 1 amide bonds. The summed E-state index contributed by atoms with van der Waals surface area (Å²) in [5.41, 5.74) is 1.08. The van der Waals surface area contributed by atoms with Crippen molar-refractivity contribution in [3.63, 3.8) is 0 Å². The molecule has 37 heavy (non-hydrogen) atoms. The van der Waals surface area contributed by atoms with Crippen molar-refractivity contribution < 1.29 is 28.9 Å². The van der Waals surface area contributed by atoms with E-state index in [0.717, 1.165) is 6.42 Å². The Morgan fingerprint density at radius 1 is 1.03 bits per heavy atom. The number of ketones is 1. The fraction of sp³-hybridized carbons (Fsp3) is 0.321. The number of likely N-dealkylation sites (tertiary alicyclic amines) is 1. The van der Waals surface area contributed by atoms with Gasteiger partial charge in [-0.2, -0.15) is 0 Å². The van der Waals surface area contributed by atoms with Gasteiger partial charge in [-0.25, -0.2) is 4.98 Å². The van der Waals surface area contributed by atoms with E-state index in [1.165, 1.54) is 19.1 Å². The minimum Gasteiger partial charge on any atom is -0.507 e. The fourth-order valence-electron chi connectivity index (χ4n) is 4.41. The average molecular weight is 506 g/mol. The third-order valence-electron chi connectivity index (χ3n) is 6.24. The number of aliphatic hydroxyl groups is 1. The van der Waals surface area contributed by atoms with Crippen LogP contribution in [0.2, 0.25) is 0 Å². The molecule has 194 valence electrons. The van der Waals surface area contributed by atoms with Crippen LogP contribution >= 0.6 is 0 Å². The van der Waals surface area contributed by atoms with E-state index in [-0.39, 0.29) is 11.3 Å². The lowest BCUT2D eigenvalue weighted by Crippen LogP contribution is -2.31. The number of aromatic nitrogens is 2. The van der Waals surface area contributed by atoms with Gasteiger partial charge in [-0.15, -0.1) is 0 Å². The minimum absolute atomic E-state index is 0.0297. The molecule has 1 aliphatic heterocycles. The van der Waals surface area contributed by atoms with Crippen LogP contribution in [0.4, 0.5) is 0 Å². The second kappa shape index (κ2) is 11.6. The number of hydrogen-bond donors (Lipinski definition) is 1. The quantitative estimate of drug-likeness (QED) is 0.237. The number of carbonyl (C=O) groups excluding carboxylic acids is 2. The molecular weight excluding hydrogens is 474 g/mol. The smallest absolute Gasteiger partial charge is 0.295 e. The zero-order chi connectivity index (χ0) is 26.4. The number of nitrogens with zero attached hydrogens (tertiary/aromatic N) is 3. The number of Topliss-reactive ketones (excluding diaryl/α,β-unsaturated/α-hetero) is 1. The molecule has 3 aromatic rings. The summed E-state index contributed by atoms with van der Waals surface area (Å²) in [6.45, 7) is 3.53. The summed E-state index contributed by atoms with van der Waals surface area (Å²) < 4.78 is 18.4. The summed E-state index contributed by atoms with van der Waals surface area (Å²) in [6, 6.07) is 11.3. The van der Waals surface area contributed by atoms with Gasteiger partial charge in [-0.05, 0) is 54.8 Å². The molecule has 0 radical (unpaired) electrons. The lowest BCUT2D eigenvalue weighted by molar-refractivity contribution is -0.139. The molecule has 2 heterocycles. The summed E-state index contributed by atoms with van der Waals surface area (Å²) in [5.74, 6) is 0.0144. The van der Waals surface area contributed by atoms with Gasteiger partial charge < -0.3 is 28.8 Å². The molecule has 0 bridgehead atoms. The SMILES string of the molecule is CCCOc1ccc(C(O)=C2C(=O)C(=O)N(CCCn3ccnc3)[C@H]2c2ccc(OC)c(OC)c2)cc1. The number of amides is 1. The van der Waals surface area contributed by atoms with Crippen molar-refractivity contribution in [3.8, 4) is 17.2 Å². The van der Waals surface area contributed by atoms with E-state index in [0.29, 0.717) is 54.5 Å². The highest BCUT2D eigenvalue weighted by Gasteiger charge is 2.46. The standard InChI is InChI=1S/C28H31N3O6/c1-4-16-37-21-9-6-19(7-10-21)26(32)24-25(20-8-11-22(35-2)23(17-20)36-3)31(28(34)27(24)33)14-5-13-30-15-12-29-18-30/h6-12,15,17-18,25,32H,4-5,13-14,16H2,1-3H3/t25-/m0/s1. The van der Waals surface area contributed by atoms with Crippen LogP contribution in [0.3, 0.4) is 0 Å². The second-order valence-electron chi connectivity index (χ2n) is 8.63. The number of benzene rings is 2. The highest BCUT2D eigenvalue weighted by Crippen LogP contribution is 2.42. The molecule has 9 heteroatoms. The predicted molar refractivity (Wildman–Crippen MR) is 138 cm³/mol. The molecule has 9 nitrogen and oxygen atoms in total. The normalized spacial score (nSPS) is 16.7. The van der Waals surface area contributed by atoms with Crippen LogP contribution in [0.25, 0.3) is 5.76 Å². The van der Waals surface area contributed by atoms with Crippen LogP contribution in [0, 0.1) is 0 Å². The molecule has 1 fully saturated rings. The maximum Gasteiger partial charge on any atom is 0.295 e. The van der Waals surface area contributed by atoms with Gasteiger partial charge in [0.15, 0.2) is 11.5 Å². The third kappa shape index (κ3) is 5.45. The number of aliphatic hydroxyl groups excluding tert-OH is 1. The Kier molecular flexibility index (Phi) is 8.12. The van der Waals surface area contributed by atoms with E-state index in [4.69, 9.17) is 14.2 Å². The second-order valence-corrected chi connectivity index (χ2v) is 8.63. The summed E-state index contributed by atoms with van der Waals surface area (Å²) in [4.78, 5) is 32.0. The molecule has 0 aliphatic carbocycles. The number of aryl methyl sites for hydroxylation is 1. The average Bonchev–Trinajstić information content (AvgIpc) is 3.53. The topological polar surface area (TPSA) is 103 Å². The molecule has 1 aromatic heterocycles. The number of hydrogen-bond acceptors (Lipinski definition) is 7. The minimum atomic E-state index is -0.793. The number of methoxy groups -OCH3 is 2. The first-order chi connectivity index (χ1) is 18.0. The maximum atomic E-state index is 13.3. The molecule has 1 aliphatic rings. The van der Waals surface area contributed by atoms with Gasteiger partial charge in [0.2, 0.25) is 0 Å². The van der Waals surface area contributed by atoms with Crippen LogP contribution in [0.15, 0.2) is 66.8 Å². The van der Waals surface area contributed by atoms with E-state index in [9.17, 15) is 14.7 Å². The van der Waals surface area contributed by atoms with E-state index >= 15 is 0 Å². The van der Waals surface area contributed by atoms with Gasteiger partial charge >= 0.3 is 0 Å². The van der Waals surface area contributed by atoms with Crippen molar-refractivity contribution in [2.24, 2.45) is 0 Å². The molecule has 0 spiro atoms. The monoisotopic (exact) mass is 505 g/mol. The lowest BCUT2D eigenvalue weighted by Gasteiger charge is -2.26. The first-order valence-electron chi connectivity index (χ1n) is 12.2. The highest BCUT2D eigenvalue weighted by molar-refractivity contribution is 6.46. The Morgan fingerprint density at radius 2 is 1.78 bits per heavy atom. The molecule has 0 unspecified atom stereocenters. The van der Waals surface area contributed by atoms with Gasteiger partial charge in [0.25, 0.3) is 11.7 Å². The summed E-state index contributed by atoms with van der Waals surface area (Å²) >= 11 is 0. The Hall–Kier alpha value is -4.27. The van der Waals surface area contributed by atoms with Crippen molar-refractivity contribution in [2.45, 2.75) is 32.4 Å². The van der Waals surface area contributed by atoms with Crippen molar-refractivity contribution in [1.82, 2.24) is 14.5 Å². The molecule has 4 rings (SSSR count). The molecule has 1 atom stereocenters. The fourth-order valence-corrected chi connectivity index (χ4v) is 4.41. The molecule has 0 saturated carbocycles. The highest BCUT2D eigenvalue weighted by atomic mass is 16.5. The molecular formula is C28H31N3O6. The Balaban J connectivity index is 1.73. The lowest BCUT2D eigenvalue weighted by atomic mass is 9.95. The van der Waals surface area contributed by atoms with Gasteiger partial charge in [0.05, 0.1) is 38.8 Å². The number of carbonyl (C=O) groups is 2. The number of ether oxygens (including phenoxy) is 3. The third-order valence-corrected chi connectivity index (χ3v) is 6.24. The Bertz CT molecular complexity index is 1270. The van der Waals surface area contributed by atoms with E-state index < -0.39 is 17.7 Å². The first-order valence-corrected chi connectivity index (χ1v) is 12.2. The van der Waals surface area contributed by atoms with Crippen molar-refractivity contribution in [2.75, 3.05) is 27.4 Å². The van der Waals surface area contributed by atoms with Gasteiger partial charge in [0.1, 0.15) is 11.5 Å². The van der Waals surface area contributed by atoms with Crippen LogP contribution in [-0.2, 0) is 16.1 Å². The van der Waals surface area contributed by atoms with E-state index in [1.807, 2.05) is 17.7 Å². The van der Waals surface area contributed by atoms with Gasteiger partial charge in [-0.1, -0.05) is 13.0 Å². The predicted octanol–water partition coefficient (Wildman–Crippen LogP) is 4.20. The maximum absolute atomic E-state index is 13.3. The Labute approximate surface area is 215 Å². The van der Waals surface area contributed by atoms with Crippen molar-refractivity contribution >= 4 is 17.4 Å². The van der Waals surface area contributed by atoms with Gasteiger partial charge in [0, 0.05) is 31.0 Å². The van der Waals surface area contributed by atoms with Crippen molar-refractivity contribution in [3.05, 3.63) is 77.9 Å². The Morgan fingerprint density at radius 3 is 2.43 bits per heavy atom. The number of imidazole rings is 1. The van der Waals surface area contributed by atoms with E-state index in [1.54, 1.807) is 55.0 Å². The largest absolute Gasteiger partial charge is 0.507 e. The van der Waals surface area contributed by atoms with Crippen LogP contribution < -0.4 is 14.2 Å². The van der Waals surface area contributed by atoms with Crippen molar-refractivity contribution in [1.29, 1.82) is 0 Å². The molecule has 1 saturated heterocycles. The zero-order valence-electron chi connectivity index (χ0n) is 21.2.